The highest BCUT2D eigenvalue weighted by Gasteiger charge is 2.20. The number of aliphatic hydroxyl groups excluding tert-OH is 1. The van der Waals surface area contributed by atoms with Crippen LogP contribution in [0.1, 0.15) is 16.2 Å². The van der Waals surface area contributed by atoms with E-state index in [-0.39, 0.29) is 19.1 Å². The Labute approximate surface area is 127 Å². The van der Waals surface area contributed by atoms with Gasteiger partial charge in [0.25, 0.3) is 5.91 Å². The molecule has 0 aliphatic carbocycles. The first kappa shape index (κ1) is 15.5. The summed E-state index contributed by atoms with van der Waals surface area (Å²) in [7, 11) is 1.88. The largest absolute Gasteiger partial charge is 0.395 e. The van der Waals surface area contributed by atoms with Crippen LogP contribution in [0.3, 0.4) is 0 Å². The summed E-state index contributed by atoms with van der Waals surface area (Å²) < 4.78 is 1.86. The molecular weight excluding hydrogens is 288 g/mol. The van der Waals surface area contributed by atoms with E-state index < -0.39 is 0 Å². The molecule has 6 nitrogen and oxygen atoms in total. The van der Waals surface area contributed by atoms with Gasteiger partial charge in [0.15, 0.2) is 0 Å². The van der Waals surface area contributed by atoms with E-state index in [1.807, 2.05) is 24.1 Å². The van der Waals surface area contributed by atoms with Gasteiger partial charge in [0.05, 0.1) is 18.7 Å². The van der Waals surface area contributed by atoms with Gasteiger partial charge >= 0.3 is 0 Å². The van der Waals surface area contributed by atoms with E-state index in [0.717, 1.165) is 5.82 Å². The Morgan fingerprint density at radius 1 is 1.43 bits per heavy atom. The monoisotopic (exact) mass is 306 g/mol. The number of imidazole rings is 1. The number of carbonyl (C=O) groups is 1. The topological polar surface area (TPSA) is 71.2 Å². The highest BCUT2D eigenvalue weighted by molar-refractivity contribution is 7.98. The maximum atomic E-state index is 12.7. The molecule has 0 saturated carbocycles. The Bertz CT molecular complexity index is 615. The van der Waals surface area contributed by atoms with Crippen molar-refractivity contribution < 1.29 is 9.90 Å². The SMILES string of the molecule is CSc1ncccc1C(=O)N(CCO)Cc1nccn1C. The predicted molar refractivity (Wildman–Crippen MR) is 81.1 cm³/mol. The van der Waals surface area contributed by atoms with Crippen molar-refractivity contribution in [3.63, 3.8) is 0 Å². The van der Waals surface area contributed by atoms with Gasteiger partial charge in [-0.3, -0.25) is 4.79 Å². The van der Waals surface area contributed by atoms with Gasteiger partial charge < -0.3 is 14.6 Å². The molecule has 7 heteroatoms. The molecule has 21 heavy (non-hydrogen) atoms. The van der Waals surface area contributed by atoms with Gasteiger partial charge in [-0.05, 0) is 18.4 Å². The van der Waals surface area contributed by atoms with E-state index in [4.69, 9.17) is 0 Å². The summed E-state index contributed by atoms with van der Waals surface area (Å²) in [4.78, 5) is 22.7. The third kappa shape index (κ3) is 3.62. The molecule has 0 saturated heterocycles. The van der Waals surface area contributed by atoms with Crippen LogP contribution in [0.5, 0.6) is 0 Å². The summed E-state index contributed by atoms with van der Waals surface area (Å²) in [6.07, 6.45) is 7.06. The van der Waals surface area contributed by atoms with Crippen LogP contribution in [-0.4, -0.2) is 49.9 Å². The fraction of sp³-hybridized carbons (Fsp3) is 0.357. The molecule has 2 aromatic rings. The molecule has 1 amide bonds. The van der Waals surface area contributed by atoms with Crippen LogP contribution in [0, 0.1) is 0 Å². The standard InChI is InChI=1S/C14H18N4O2S/c1-17-7-6-15-12(17)10-18(8-9-19)14(20)11-4-3-5-16-13(11)21-2/h3-7,19H,8-10H2,1-2H3. The van der Waals surface area contributed by atoms with Crippen molar-refractivity contribution in [2.45, 2.75) is 11.6 Å². The molecule has 0 aliphatic rings. The number of hydrogen-bond donors (Lipinski definition) is 1. The number of aromatic nitrogens is 3. The summed E-state index contributed by atoms with van der Waals surface area (Å²) in [5, 5.41) is 9.90. The fourth-order valence-electron chi connectivity index (χ4n) is 1.98. The van der Waals surface area contributed by atoms with Crippen molar-refractivity contribution in [2.24, 2.45) is 7.05 Å². The molecule has 0 spiro atoms. The Morgan fingerprint density at radius 2 is 2.24 bits per heavy atom. The molecule has 1 N–H and O–H groups in total. The van der Waals surface area contributed by atoms with Gasteiger partial charge in [-0.25, -0.2) is 9.97 Å². The number of nitrogens with zero attached hydrogens (tertiary/aromatic N) is 4. The van der Waals surface area contributed by atoms with Crippen LogP contribution >= 0.6 is 11.8 Å². The number of aliphatic hydroxyl groups is 1. The summed E-state index contributed by atoms with van der Waals surface area (Å²) in [6.45, 7) is 0.519. The fourth-order valence-corrected chi connectivity index (χ4v) is 2.52. The molecule has 0 radical (unpaired) electrons. The first-order chi connectivity index (χ1) is 10.2. The van der Waals surface area contributed by atoms with E-state index in [0.29, 0.717) is 17.1 Å². The maximum Gasteiger partial charge on any atom is 0.257 e. The van der Waals surface area contributed by atoms with Crippen molar-refractivity contribution in [1.29, 1.82) is 0 Å². The molecular formula is C14H18N4O2S. The molecule has 0 fully saturated rings. The third-order valence-corrected chi connectivity index (χ3v) is 3.82. The van der Waals surface area contributed by atoms with Crippen LogP contribution in [-0.2, 0) is 13.6 Å². The number of hydrogen-bond acceptors (Lipinski definition) is 5. The van der Waals surface area contributed by atoms with Crippen LogP contribution in [0.2, 0.25) is 0 Å². The summed E-state index contributed by atoms with van der Waals surface area (Å²) in [5.74, 6) is 0.621. The number of aryl methyl sites for hydroxylation is 1. The molecule has 0 atom stereocenters. The molecule has 112 valence electrons. The Morgan fingerprint density at radius 3 is 2.86 bits per heavy atom. The Hall–Kier alpha value is -1.86. The molecule has 0 aromatic carbocycles. The second-order valence-corrected chi connectivity index (χ2v) is 5.26. The quantitative estimate of drug-likeness (QED) is 0.811. The molecule has 0 aliphatic heterocycles. The zero-order valence-corrected chi connectivity index (χ0v) is 12.9. The minimum atomic E-state index is -0.149. The normalized spacial score (nSPS) is 10.6. The van der Waals surface area contributed by atoms with Crippen LogP contribution in [0.4, 0.5) is 0 Å². The van der Waals surface area contributed by atoms with Gasteiger partial charge in [0.1, 0.15) is 10.9 Å². The lowest BCUT2D eigenvalue weighted by Crippen LogP contribution is -2.34. The Balaban J connectivity index is 2.25. The number of amides is 1. The lowest BCUT2D eigenvalue weighted by molar-refractivity contribution is 0.0697. The van der Waals surface area contributed by atoms with Crippen molar-refractivity contribution in [3.8, 4) is 0 Å². The van der Waals surface area contributed by atoms with E-state index in [1.54, 1.807) is 29.4 Å². The summed E-state index contributed by atoms with van der Waals surface area (Å²) in [5.41, 5.74) is 0.549. The van der Waals surface area contributed by atoms with Crippen LogP contribution in [0.25, 0.3) is 0 Å². The van der Waals surface area contributed by atoms with Gasteiger partial charge in [-0.15, -0.1) is 11.8 Å². The second-order valence-electron chi connectivity index (χ2n) is 4.46. The van der Waals surface area contributed by atoms with Crippen molar-refractivity contribution in [2.75, 3.05) is 19.4 Å². The molecule has 0 unspecified atom stereocenters. The molecule has 2 aromatic heterocycles. The highest BCUT2D eigenvalue weighted by Crippen LogP contribution is 2.19. The van der Waals surface area contributed by atoms with Crippen molar-refractivity contribution >= 4 is 17.7 Å². The number of rotatable bonds is 6. The number of pyridine rings is 1. The maximum absolute atomic E-state index is 12.7. The molecule has 2 heterocycles. The first-order valence-electron chi connectivity index (χ1n) is 6.52. The first-order valence-corrected chi connectivity index (χ1v) is 7.75. The Kier molecular flexibility index (Phi) is 5.35. The minimum absolute atomic E-state index is 0.0922. The lowest BCUT2D eigenvalue weighted by Gasteiger charge is -2.22. The van der Waals surface area contributed by atoms with Crippen molar-refractivity contribution in [3.05, 3.63) is 42.1 Å². The van der Waals surface area contributed by atoms with E-state index in [1.165, 1.54) is 11.8 Å². The van der Waals surface area contributed by atoms with Gasteiger partial charge in [0, 0.05) is 32.2 Å². The van der Waals surface area contributed by atoms with Gasteiger partial charge in [0.2, 0.25) is 0 Å². The van der Waals surface area contributed by atoms with Gasteiger partial charge in [-0.1, -0.05) is 0 Å². The van der Waals surface area contributed by atoms with E-state index >= 15 is 0 Å². The van der Waals surface area contributed by atoms with Crippen molar-refractivity contribution in [1.82, 2.24) is 19.4 Å². The van der Waals surface area contributed by atoms with Crippen LogP contribution in [0.15, 0.2) is 35.7 Å². The van der Waals surface area contributed by atoms with Crippen LogP contribution < -0.4 is 0 Å². The average molecular weight is 306 g/mol. The minimum Gasteiger partial charge on any atom is -0.395 e. The third-order valence-electron chi connectivity index (χ3n) is 3.11. The molecule has 0 bridgehead atoms. The summed E-state index contributed by atoms with van der Waals surface area (Å²) >= 11 is 1.43. The number of carbonyl (C=O) groups excluding carboxylic acids is 1. The molecule has 2 rings (SSSR count). The summed E-state index contributed by atoms with van der Waals surface area (Å²) in [6, 6.07) is 3.49. The highest BCUT2D eigenvalue weighted by atomic mass is 32.2. The van der Waals surface area contributed by atoms with E-state index in [9.17, 15) is 9.90 Å². The smallest absolute Gasteiger partial charge is 0.257 e. The predicted octanol–water partition coefficient (Wildman–Crippen LogP) is 1.17. The zero-order chi connectivity index (χ0) is 15.2. The zero-order valence-electron chi connectivity index (χ0n) is 12.1. The second kappa shape index (κ2) is 7.24. The number of thioether (sulfide) groups is 1. The van der Waals surface area contributed by atoms with E-state index in [2.05, 4.69) is 9.97 Å². The van der Waals surface area contributed by atoms with Gasteiger partial charge in [-0.2, -0.15) is 0 Å². The lowest BCUT2D eigenvalue weighted by atomic mass is 10.2. The average Bonchev–Trinajstić information content (AvgIpc) is 2.91.